The fraction of sp³-hybridized carbons (Fsp3) is 0.917. The number of fused-ring (bicyclic) bond motifs is 1. The van der Waals surface area contributed by atoms with Crippen LogP contribution in [0.3, 0.4) is 0 Å². The third-order valence-electron chi connectivity index (χ3n) is 8.99. The van der Waals surface area contributed by atoms with Crippen molar-refractivity contribution in [1.82, 2.24) is 0 Å². The molecule has 2 bridgehead atoms. The van der Waals surface area contributed by atoms with Crippen LogP contribution in [-0.2, 0) is 33.9 Å². The number of rotatable bonds is 11. The second kappa shape index (κ2) is 9.16. The average Bonchev–Trinajstić information content (AvgIpc) is 3.23. The minimum Gasteiger partial charge on any atom is -0.455 e. The quantitative estimate of drug-likeness (QED) is 0.111. The van der Waals surface area contributed by atoms with Gasteiger partial charge in [0.1, 0.15) is 5.60 Å². The van der Waals surface area contributed by atoms with E-state index in [0.717, 1.165) is 12.8 Å². The molecule has 4 aliphatic carbocycles. The molecule has 16 heteroatoms. The van der Waals surface area contributed by atoms with Crippen LogP contribution in [0.5, 0.6) is 0 Å². The topological polar surface area (TPSA) is 116 Å². The van der Waals surface area contributed by atoms with Crippen LogP contribution >= 0.6 is 0 Å². The smallest absolute Gasteiger partial charge is 0.455 e. The van der Waals surface area contributed by atoms with Crippen LogP contribution in [0, 0.1) is 28.6 Å². The summed E-state index contributed by atoms with van der Waals surface area (Å²) in [6.45, 7) is 2.59. The number of unbranched alkanes of at least 4 members (excludes halogenated alkanes) is 1. The van der Waals surface area contributed by atoms with Gasteiger partial charge in [0, 0.05) is 6.42 Å². The van der Waals surface area contributed by atoms with E-state index in [4.69, 9.17) is 18.8 Å². The molecule has 4 saturated carbocycles. The standard InChI is InChI=1S/C24H31F7O8S/c1-18(2,3)38-17(33)22(23(27,28)29,37-7-5-4-6-21(25,26)24(30,31)40(34,35)36)39-16(32)19-10-14-8-13-9-15(11-19)20(13,14)12-19/h13-15H,4-12H2,1-3H3,(H,34,35,36). The Morgan fingerprint density at radius 2 is 1.45 bits per heavy atom. The minimum atomic E-state index is -6.49. The van der Waals surface area contributed by atoms with Gasteiger partial charge in [-0.15, -0.1) is 0 Å². The molecule has 4 aliphatic rings. The molecule has 0 radical (unpaired) electrons. The molecule has 3 unspecified atom stereocenters. The molecule has 3 atom stereocenters. The van der Waals surface area contributed by atoms with Crippen LogP contribution in [0.1, 0.15) is 72.1 Å². The number of halogens is 7. The highest BCUT2D eigenvalue weighted by Crippen LogP contribution is 2.84. The summed E-state index contributed by atoms with van der Waals surface area (Å²) in [5.74, 6) is -12.1. The first kappa shape index (κ1) is 31.3. The van der Waals surface area contributed by atoms with Gasteiger partial charge in [0.25, 0.3) is 0 Å². The summed E-state index contributed by atoms with van der Waals surface area (Å²) in [5, 5.41) is -5.85. The Morgan fingerprint density at radius 3 is 1.88 bits per heavy atom. The van der Waals surface area contributed by atoms with Gasteiger partial charge in [0.15, 0.2) is 0 Å². The van der Waals surface area contributed by atoms with Crippen molar-refractivity contribution in [3.63, 3.8) is 0 Å². The van der Waals surface area contributed by atoms with Crippen molar-refractivity contribution < 1.29 is 67.5 Å². The molecule has 0 amide bonds. The molecule has 4 fully saturated rings. The summed E-state index contributed by atoms with van der Waals surface area (Å²) < 4.78 is 142. The Balaban J connectivity index is 1.50. The van der Waals surface area contributed by atoms with E-state index in [2.05, 4.69) is 0 Å². The first-order valence-electron chi connectivity index (χ1n) is 12.8. The minimum absolute atomic E-state index is 0.0813. The lowest BCUT2D eigenvalue weighted by Crippen LogP contribution is -2.61. The molecule has 4 rings (SSSR count). The van der Waals surface area contributed by atoms with Gasteiger partial charge in [-0.25, -0.2) is 4.79 Å². The summed E-state index contributed by atoms with van der Waals surface area (Å²) in [6.07, 6.45) is -6.63. The van der Waals surface area contributed by atoms with Crippen molar-refractivity contribution in [2.24, 2.45) is 28.6 Å². The van der Waals surface area contributed by atoms with Crippen molar-refractivity contribution in [1.29, 1.82) is 0 Å². The predicted molar refractivity (Wildman–Crippen MR) is 120 cm³/mol. The Kier molecular flexibility index (Phi) is 7.16. The van der Waals surface area contributed by atoms with Gasteiger partial charge in [-0.1, -0.05) is 0 Å². The van der Waals surface area contributed by atoms with E-state index in [0.29, 0.717) is 25.2 Å². The number of carbonyl (C=O) groups excluding carboxylic acids is 2. The first-order chi connectivity index (χ1) is 17.9. The van der Waals surface area contributed by atoms with Crippen LogP contribution < -0.4 is 0 Å². The molecular formula is C24H31F7O8S. The summed E-state index contributed by atoms with van der Waals surface area (Å²) in [5.41, 5.74) is -2.80. The van der Waals surface area contributed by atoms with E-state index in [1.165, 1.54) is 20.8 Å². The Morgan fingerprint density at radius 1 is 0.900 bits per heavy atom. The molecule has 0 heterocycles. The number of hydrogen-bond acceptors (Lipinski definition) is 7. The molecule has 8 nitrogen and oxygen atoms in total. The van der Waals surface area contributed by atoms with E-state index in [1.54, 1.807) is 0 Å². The Labute approximate surface area is 226 Å². The van der Waals surface area contributed by atoms with Gasteiger partial charge in [-0.3, -0.25) is 9.35 Å². The number of hydrogen-bond donors (Lipinski definition) is 1. The number of esters is 2. The Bertz CT molecular complexity index is 1150. The second-order valence-electron chi connectivity index (χ2n) is 12.5. The van der Waals surface area contributed by atoms with Crippen molar-refractivity contribution in [3.05, 3.63) is 0 Å². The van der Waals surface area contributed by atoms with Gasteiger partial charge in [-0.05, 0) is 88.9 Å². The molecule has 0 aromatic heterocycles. The second-order valence-corrected chi connectivity index (χ2v) is 14.0. The Hall–Kier alpha value is -1.68. The molecule has 1 N–H and O–H groups in total. The van der Waals surface area contributed by atoms with Crippen molar-refractivity contribution >= 4 is 22.1 Å². The largest absolute Gasteiger partial charge is 0.468 e. The highest BCUT2D eigenvalue weighted by Gasteiger charge is 2.80. The normalized spacial score (nSPS) is 32.9. The van der Waals surface area contributed by atoms with Crippen LogP contribution in [0.2, 0.25) is 0 Å². The molecule has 230 valence electrons. The van der Waals surface area contributed by atoms with Crippen LogP contribution in [0.4, 0.5) is 30.7 Å². The van der Waals surface area contributed by atoms with Gasteiger partial charge in [-0.2, -0.15) is 39.2 Å². The zero-order valence-corrected chi connectivity index (χ0v) is 22.8. The SMILES string of the molecule is CC(C)(C)OC(=O)C(OCCCCC(F)(F)C(F)(F)S(=O)(=O)O)(OC(=O)C12CC3CC4CC(C1)C43C2)C(F)(F)F. The van der Waals surface area contributed by atoms with Crippen molar-refractivity contribution in [2.75, 3.05) is 6.61 Å². The molecule has 1 spiro atoms. The summed E-state index contributed by atoms with van der Waals surface area (Å²) in [6, 6.07) is 0. The molecule has 0 aromatic carbocycles. The third kappa shape index (κ3) is 4.59. The summed E-state index contributed by atoms with van der Waals surface area (Å²) in [4.78, 5) is 26.3. The lowest BCUT2D eigenvalue weighted by atomic mass is 9.38. The van der Waals surface area contributed by atoms with Crippen LogP contribution in [-0.4, -0.2) is 60.3 Å². The number of ether oxygens (including phenoxy) is 3. The van der Waals surface area contributed by atoms with Gasteiger partial charge >= 0.3 is 45.2 Å². The molecular weight excluding hydrogens is 581 g/mol. The molecule has 0 aliphatic heterocycles. The van der Waals surface area contributed by atoms with Crippen LogP contribution in [0.25, 0.3) is 0 Å². The van der Waals surface area contributed by atoms with Crippen molar-refractivity contribution in [3.8, 4) is 0 Å². The summed E-state index contributed by atoms with van der Waals surface area (Å²) >= 11 is 0. The van der Waals surface area contributed by atoms with Crippen molar-refractivity contribution in [2.45, 2.75) is 101 Å². The average molecular weight is 613 g/mol. The van der Waals surface area contributed by atoms with E-state index in [9.17, 15) is 48.7 Å². The first-order valence-corrected chi connectivity index (χ1v) is 14.3. The zero-order valence-electron chi connectivity index (χ0n) is 22.0. The lowest BCUT2D eigenvalue weighted by Gasteiger charge is -2.66. The fourth-order valence-electron chi connectivity index (χ4n) is 7.28. The molecule has 0 aromatic rings. The number of carbonyl (C=O) groups is 2. The fourth-order valence-corrected chi connectivity index (χ4v) is 7.76. The van der Waals surface area contributed by atoms with E-state index in [-0.39, 0.29) is 17.3 Å². The van der Waals surface area contributed by atoms with Gasteiger partial charge < -0.3 is 14.2 Å². The molecule has 40 heavy (non-hydrogen) atoms. The summed E-state index contributed by atoms with van der Waals surface area (Å²) in [7, 11) is -6.49. The zero-order chi connectivity index (χ0) is 30.4. The lowest BCUT2D eigenvalue weighted by molar-refractivity contribution is -0.360. The molecule has 0 saturated heterocycles. The maximum absolute atomic E-state index is 14.5. The van der Waals surface area contributed by atoms with Gasteiger partial charge in [0.05, 0.1) is 12.0 Å². The predicted octanol–water partition coefficient (Wildman–Crippen LogP) is 5.26. The number of alkyl halides is 7. The van der Waals surface area contributed by atoms with Crippen LogP contribution in [0.15, 0.2) is 0 Å². The van der Waals surface area contributed by atoms with E-state index in [1.807, 2.05) is 0 Å². The maximum Gasteiger partial charge on any atom is 0.468 e. The van der Waals surface area contributed by atoms with E-state index >= 15 is 0 Å². The third-order valence-corrected chi connectivity index (χ3v) is 9.93. The van der Waals surface area contributed by atoms with E-state index < -0.39 is 82.1 Å². The highest BCUT2D eigenvalue weighted by molar-refractivity contribution is 7.87. The highest BCUT2D eigenvalue weighted by atomic mass is 32.2. The maximum atomic E-state index is 14.5. The monoisotopic (exact) mass is 612 g/mol. The van der Waals surface area contributed by atoms with Gasteiger partial charge in [0.2, 0.25) is 0 Å².